The van der Waals surface area contributed by atoms with Crippen LogP contribution in [0.5, 0.6) is 0 Å². The number of benzene rings is 1. The smallest absolute Gasteiger partial charge is 0.226 e. The second kappa shape index (κ2) is 7.83. The maximum atomic E-state index is 12.9. The second-order valence-corrected chi connectivity index (χ2v) is 9.40. The van der Waals surface area contributed by atoms with Crippen LogP contribution in [0.15, 0.2) is 24.3 Å². The number of rotatable bonds is 7. The molecule has 4 aliphatic rings. The molecule has 0 radical (unpaired) electrons. The molecular weight excluding hydrogens is 360 g/mol. The topological polar surface area (TPSA) is 58.2 Å². The zero-order valence-electron chi connectivity index (χ0n) is 15.8. The standard InChI is InChI=1S/C22H29ClN2O2/c23-19-5-3-15(4-6-19)14-25-20(26)2-1-7-24-21(27)22-11-16-8-17(12-22)10-18(9-16)13-22/h3-6,16-18H,1-2,7-14H2,(H,24,27)(H,25,26). The van der Waals surface area contributed by atoms with E-state index >= 15 is 0 Å². The molecule has 1 aromatic carbocycles. The lowest BCUT2D eigenvalue weighted by Crippen LogP contribution is -2.53. The van der Waals surface area contributed by atoms with Gasteiger partial charge in [0, 0.05) is 29.9 Å². The molecule has 5 rings (SSSR count). The molecule has 27 heavy (non-hydrogen) atoms. The van der Waals surface area contributed by atoms with Gasteiger partial charge < -0.3 is 10.6 Å². The van der Waals surface area contributed by atoms with Gasteiger partial charge in [-0.3, -0.25) is 9.59 Å². The molecule has 4 bridgehead atoms. The monoisotopic (exact) mass is 388 g/mol. The number of carbonyl (C=O) groups is 2. The molecule has 2 amide bonds. The lowest BCUT2D eigenvalue weighted by molar-refractivity contribution is -0.146. The molecule has 5 heteroatoms. The minimum Gasteiger partial charge on any atom is -0.356 e. The van der Waals surface area contributed by atoms with Gasteiger partial charge in [0.05, 0.1) is 0 Å². The van der Waals surface area contributed by atoms with E-state index in [0.29, 0.717) is 31.0 Å². The van der Waals surface area contributed by atoms with Crippen LogP contribution in [0.4, 0.5) is 0 Å². The first-order chi connectivity index (χ1) is 13.0. The number of amides is 2. The summed E-state index contributed by atoms with van der Waals surface area (Å²) in [6.07, 6.45) is 8.44. The van der Waals surface area contributed by atoms with Gasteiger partial charge in [-0.2, -0.15) is 0 Å². The molecule has 0 atom stereocenters. The number of halogens is 1. The van der Waals surface area contributed by atoms with Gasteiger partial charge >= 0.3 is 0 Å². The first kappa shape index (κ1) is 18.8. The van der Waals surface area contributed by atoms with Gasteiger partial charge in [-0.15, -0.1) is 0 Å². The van der Waals surface area contributed by atoms with Crippen molar-refractivity contribution in [1.29, 1.82) is 0 Å². The SMILES string of the molecule is O=C(CCCNC(=O)C12CC3CC(CC(C3)C1)C2)NCc1ccc(Cl)cc1. The highest BCUT2D eigenvalue weighted by atomic mass is 35.5. The van der Waals surface area contributed by atoms with E-state index in [2.05, 4.69) is 10.6 Å². The number of nitrogens with one attached hydrogen (secondary N) is 2. The van der Waals surface area contributed by atoms with Crippen molar-refractivity contribution < 1.29 is 9.59 Å². The normalized spacial score (nSPS) is 30.9. The van der Waals surface area contributed by atoms with E-state index in [9.17, 15) is 9.59 Å². The minimum absolute atomic E-state index is 0.0222. The summed E-state index contributed by atoms with van der Waals surface area (Å²) in [5.41, 5.74) is 0.939. The fourth-order valence-corrected chi connectivity index (χ4v) is 6.04. The Morgan fingerprint density at radius 2 is 1.56 bits per heavy atom. The average Bonchev–Trinajstić information content (AvgIpc) is 2.63. The van der Waals surface area contributed by atoms with Crippen LogP contribution in [0.1, 0.15) is 56.9 Å². The van der Waals surface area contributed by atoms with E-state index in [1.54, 1.807) is 0 Å². The van der Waals surface area contributed by atoms with Crippen molar-refractivity contribution in [1.82, 2.24) is 10.6 Å². The molecule has 0 aliphatic heterocycles. The first-order valence-electron chi connectivity index (χ1n) is 10.3. The van der Waals surface area contributed by atoms with Gasteiger partial charge in [0.15, 0.2) is 0 Å². The molecule has 4 saturated carbocycles. The molecule has 1 aromatic rings. The first-order valence-corrected chi connectivity index (χ1v) is 10.7. The van der Waals surface area contributed by atoms with Crippen molar-refractivity contribution in [3.63, 3.8) is 0 Å². The largest absolute Gasteiger partial charge is 0.356 e. The fraction of sp³-hybridized carbons (Fsp3) is 0.636. The zero-order valence-corrected chi connectivity index (χ0v) is 16.6. The summed E-state index contributed by atoms with van der Waals surface area (Å²) in [5.74, 6) is 2.61. The van der Waals surface area contributed by atoms with Gasteiger partial charge in [0.1, 0.15) is 0 Å². The van der Waals surface area contributed by atoms with E-state index in [-0.39, 0.29) is 17.2 Å². The summed E-state index contributed by atoms with van der Waals surface area (Å²) in [4.78, 5) is 24.9. The van der Waals surface area contributed by atoms with Crippen molar-refractivity contribution in [2.45, 2.75) is 57.9 Å². The van der Waals surface area contributed by atoms with Crippen LogP contribution >= 0.6 is 11.6 Å². The highest BCUT2D eigenvalue weighted by Crippen LogP contribution is 2.60. The summed E-state index contributed by atoms with van der Waals surface area (Å²) in [5, 5.41) is 6.76. The van der Waals surface area contributed by atoms with Crippen molar-refractivity contribution in [2.24, 2.45) is 23.2 Å². The molecule has 146 valence electrons. The van der Waals surface area contributed by atoms with Crippen LogP contribution in [0.25, 0.3) is 0 Å². The second-order valence-electron chi connectivity index (χ2n) is 8.96. The van der Waals surface area contributed by atoms with E-state index in [4.69, 9.17) is 11.6 Å². The summed E-state index contributed by atoms with van der Waals surface area (Å²) in [6, 6.07) is 7.47. The number of hydrogen-bond acceptors (Lipinski definition) is 2. The quantitative estimate of drug-likeness (QED) is 0.692. The highest BCUT2D eigenvalue weighted by molar-refractivity contribution is 6.30. The average molecular weight is 389 g/mol. The van der Waals surface area contributed by atoms with Crippen molar-refractivity contribution in [2.75, 3.05) is 6.54 Å². The van der Waals surface area contributed by atoms with E-state index in [1.807, 2.05) is 24.3 Å². The summed E-state index contributed by atoms with van der Waals surface area (Å²) < 4.78 is 0. The summed E-state index contributed by atoms with van der Waals surface area (Å²) in [6.45, 7) is 1.10. The Morgan fingerprint density at radius 3 is 2.15 bits per heavy atom. The Bertz CT molecular complexity index is 665. The van der Waals surface area contributed by atoms with Gasteiger partial charge in [-0.05, 0) is 80.4 Å². The third kappa shape index (κ3) is 4.31. The molecule has 4 nitrogen and oxygen atoms in total. The Morgan fingerprint density at radius 1 is 0.963 bits per heavy atom. The van der Waals surface area contributed by atoms with Crippen molar-refractivity contribution in [3.8, 4) is 0 Å². The Labute approximate surface area is 166 Å². The third-order valence-corrected chi connectivity index (χ3v) is 7.04. The van der Waals surface area contributed by atoms with Gasteiger partial charge in [-0.1, -0.05) is 23.7 Å². The summed E-state index contributed by atoms with van der Waals surface area (Å²) in [7, 11) is 0. The van der Waals surface area contributed by atoms with E-state index in [1.165, 1.54) is 19.3 Å². The highest BCUT2D eigenvalue weighted by Gasteiger charge is 2.54. The molecule has 0 aromatic heterocycles. The molecule has 0 unspecified atom stereocenters. The molecule has 0 saturated heterocycles. The van der Waals surface area contributed by atoms with Gasteiger partial charge in [0.2, 0.25) is 11.8 Å². The maximum absolute atomic E-state index is 12.9. The Balaban J connectivity index is 1.16. The molecule has 4 aliphatic carbocycles. The van der Waals surface area contributed by atoms with E-state index in [0.717, 1.165) is 42.6 Å². The van der Waals surface area contributed by atoms with Crippen LogP contribution < -0.4 is 10.6 Å². The third-order valence-electron chi connectivity index (χ3n) is 6.79. The van der Waals surface area contributed by atoms with Gasteiger partial charge in [0.25, 0.3) is 0 Å². The van der Waals surface area contributed by atoms with Crippen LogP contribution in [0.3, 0.4) is 0 Å². The lowest BCUT2D eigenvalue weighted by Gasteiger charge is -2.55. The van der Waals surface area contributed by atoms with Crippen LogP contribution in [0.2, 0.25) is 5.02 Å². The molecule has 2 N–H and O–H groups in total. The van der Waals surface area contributed by atoms with Crippen LogP contribution in [0, 0.1) is 23.2 Å². The van der Waals surface area contributed by atoms with E-state index < -0.39 is 0 Å². The Hall–Kier alpha value is -1.55. The predicted molar refractivity (Wildman–Crippen MR) is 106 cm³/mol. The molecule has 4 fully saturated rings. The molecular formula is C22H29ClN2O2. The molecule has 0 spiro atoms. The maximum Gasteiger partial charge on any atom is 0.226 e. The van der Waals surface area contributed by atoms with Crippen molar-refractivity contribution >= 4 is 23.4 Å². The van der Waals surface area contributed by atoms with Crippen LogP contribution in [-0.2, 0) is 16.1 Å². The Kier molecular flexibility index (Phi) is 5.45. The fourth-order valence-electron chi connectivity index (χ4n) is 5.92. The van der Waals surface area contributed by atoms with Crippen molar-refractivity contribution in [3.05, 3.63) is 34.9 Å². The lowest BCUT2D eigenvalue weighted by atomic mass is 9.49. The predicted octanol–water partition coefficient (Wildman–Crippen LogP) is 4.07. The molecule has 0 heterocycles. The number of carbonyl (C=O) groups excluding carboxylic acids is 2. The van der Waals surface area contributed by atoms with Crippen LogP contribution in [-0.4, -0.2) is 18.4 Å². The number of hydrogen-bond donors (Lipinski definition) is 2. The zero-order chi connectivity index (χ0) is 18.9. The summed E-state index contributed by atoms with van der Waals surface area (Å²) >= 11 is 5.86. The van der Waals surface area contributed by atoms with Gasteiger partial charge in [-0.25, -0.2) is 0 Å². The minimum atomic E-state index is -0.0917.